The van der Waals surface area contributed by atoms with Gasteiger partial charge in [-0.1, -0.05) is 135 Å². The van der Waals surface area contributed by atoms with Crippen molar-refractivity contribution >= 4 is 10.8 Å². The van der Waals surface area contributed by atoms with Gasteiger partial charge in [-0.05, 0) is 79.5 Å². The molecule has 0 spiro atoms. The molecule has 49 heavy (non-hydrogen) atoms. The van der Waals surface area contributed by atoms with Gasteiger partial charge in [-0.3, -0.25) is 4.98 Å². The summed E-state index contributed by atoms with van der Waals surface area (Å²) in [5.41, 5.74) is 12.5. The normalized spacial score (nSPS) is 12.9. The van der Waals surface area contributed by atoms with Crippen LogP contribution >= 0.6 is 0 Å². The van der Waals surface area contributed by atoms with Crippen molar-refractivity contribution in [3.8, 4) is 67.5 Å². The van der Waals surface area contributed by atoms with Gasteiger partial charge in [0.15, 0.2) is 17.5 Å². The number of nitrogens with zero attached hydrogens (tertiary/aromatic N) is 4. The van der Waals surface area contributed by atoms with Gasteiger partial charge in [0.2, 0.25) is 0 Å². The maximum atomic E-state index is 5.09. The summed E-state index contributed by atoms with van der Waals surface area (Å²) < 4.78 is 0. The third kappa shape index (κ3) is 4.92. The van der Waals surface area contributed by atoms with E-state index in [9.17, 15) is 0 Å². The zero-order valence-electron chi connectivity index (χ0n) is 27.3. The van der Waals surface area contributed by atoms with Crippen LogP contribution in [0.2, 0.25) is 0 Å². The second-order valence-corrected chi connectivity index (χ2v) is 13.1. The molecule has 232 valence electrons. The molecule has 4 heteroatoms. The van der Waals surface area contributed by atoms with E-state index in [1.165, 1.54) is 38.6 Å². The molecule has 1 aliphatic carbocycles. The lowest BCUT2D eigenvalue weighted by Gasteiger charge is -2.23. The second-order valence-electron chi connectivity index (χ2n) is 13.1. The molecule has 2 heterocycles. The second kappa shape index (κ2) is 11.5. The summed E-state index contributed by atoms with van der Waals surface area (Å²) in [4.78, 5) is 19.4. The molecular weight excluding hydrogens is 597 g/mol. The fourth-order valence-corrected chi connectivity index (χ4v) is 7.44. The predicted molar refractivity (Wildman–Crippen MR) is 200 cm³/mol. The Labute approximate surface area is 285 Å². The molecule has 0 saturated heterocycles. The Balaban J connectivity index is 1.20. The summed E-state index contributed by atoms with van der Waals surface area (Å²) in [7, 11) is 0. The van der Waals surface area contributed by atoms with E-state index in [1.54, 1.807) is 12.4 Å². The molecule has 0 fully saturated rings. The summed E-state index contributed by atoms with van der Waals surface area (Å²) in [5, 5.41) is 2.59. The summed E-state index contributed by atoms with van der Waals surface area (Å²) in [6.07, 6.45) is 3.57. The molecule has 2 aromatic heterocycles. The van der Waals surface area contributed by atoms with E-state index >= 15 is 0 Å². The Kier molecular flexibility index (Phi) is 6.77. The van der Waals surface area contributed by atoms with Crippen LogP contribution in [-0.4, -0.2) is 19.9 Å². The number of pyridine rings is 1. The lowest BCUT2D eigenvalue weighted by molar-refractivity contribution is 0.666. The first-order chi connectivity index (χ1) is 24.0. The molecule has 4 nitrogen and oxygen atoms in total. The Morgan fingerprint density at radius 3 is 1.82 bits per heavy atom. The van der Waals surface area contributed by atoms with E-state index in [0.717, 1.165) is 33.4 Å². The highest BCUT2D eigenvalue weighted by Crippen LogP contribution is 2.54. The zero-order valence-corrected chi connectivity index (χ0v) is 27.3. The predicted octanol–water partition coefficient (Wildman–Crippen LogP) is 11.1. The van der Waals surface area contributed by atoms with Crippen molar-refractivity contribution in [1.29, 1.82) is 0 Å². The van der Waals surface area contributed by atoms with Crippen LogP contribution in [0, 0.1) is 0 Å². The minimum atomic E-state index is -0.130. The van der Waals surface area contributed by atoms with Crippen molar-refractivity contribution < 1.29 is 0 Å². The molecule has 6 aromatic carbocycles. The number of hydrogen-bond donors (Lipinski definition) is 0. The van der Waals surface area contributed by atoms with Gasteiger partial charge < -0.3 is 0 Å². The number of aromatic nitrogens is 4. The van der Waals surface area contributed by atoms with Crippen LogP contribution in [0.5, 0.6) is 0 Å². The maximum absolute atomic E-state index is 5.09. The quantitative estimate of drug-likeness (QED) is 0.190. The van der Waals surface area contributed by atoms with Crippen LogP contribution in [0.15, 0.2) is 158 Å². The van der Waals surface area contributed by atoms with E-state index in [-0.39, 0.29) is 5.41 Å². The van der Waals surface area contributed by atoms with E-state index in [4.69, 9.17) is 15.0 Å². The molecule has 0 saturated carbocycles. The van der Waals surface area contributed by atoms with Crippen molar-refractivity contribution in [3.05, 3.63) is 169 Å². The third-order valence-corrected chi connectivity index (χ3v) is 9.78. The first-order valence-corrected chi connectivity index (χ1v) is 16.6. The summed E-state index contributed by atoms with van der Waals surface area (Å²) in [5.74, 6) is 1.83. The third-order valence-electron chi connectivity index (χ3n) is 9.78. The molecule has 0 atom stereocenters. The van der Waals surface area contributed by atoms with Crippen LogP contribution in [0.3, 0.4) is 0 Å². The van der Waals surface area contributed by atoms with Gasteiger partial charge in [0.05, 0.1) is 0 Å². The largest absolute Gasteiger partial charge is 0.264 e. The highest BCUT2D eigenvalue weighted by Gasteiger charge is 2.38. The minimum absolute atomic E-state index is 0.130. The van der Waals surface area contributed by atoms with Gasteiger partial charge in [-0.15, -0.1) is 0 Å². The Morgan fingerprint density at radius 2 is 1.06 bits per heavy atom. The molecule has 0 amide bonds. The van der Waals surface area contributed by atoms with Crippen molar-refractivity contribution in [1.82, 2.24) is 19.9 Å². The van der Waals surface area contributed by atoms with E-state index in [2.05, 4.69) is 146 Å². The average Bonchev–Trinajstić information content (AvgIpc) is 3.42. The summed E-state index contributed by atoms with van der Waals surface area (Å²) in [6, 6.07) is 51.3. The van der Waals surface area contributed by atoms with Gasteiger partial charge >= 0.3 is 0 Å². The first-order valence-electron chi connectivity index (χ1n) is 16.6. The van der Waals surface area contributed by atoms with Gasteiger partial charge in [0.25, 0.3) is 0 Å². The van der Waals surface area contributed by atoms with Crippen molar-refractivity contribution in [2.45, 2.75) is 19.3 Å². The SMILES string of the molecule is CC1(C)c2cccc(-c3cccc(-c4nc(-c5cccnc5)nc(-c5cccc(-c6ccccc6)c5)n4)c3)c2-c2ccc3ccccc3c21. The maximum Gasteiger partial charge on any atom is 0.165 e. The molecule has 0 N–H and O–H groups in total. The average molecular weight is 629 g/mol. The molecule has 9 rings (SSSR count). The highest BCUT2D eigenvalue weighted by molar-refractivity contribution is 6.01. The molecule has 0 radical (unpaired) electrons. The van der Waals surface area contributed by atoms with Crippen LogP contribution in [0.1, 0.15) is 25.0 Å². The Hall–Kier alpha value is -6.26. The van der Waals surface area contributed by atoms with Crippen LogP contribution in [0.25, 0.3) is 78.3 Å². The first kappa shape index (κ1) is 28.9. The van der Waals surface area contributed by atoms with Gasteiger partial charge in [0, 0.05) is 34.5 Å². The van der Waals surface area contributed by atoms with Gasteiger partial charge in [0.1, 0.15) is 0 Å². The number of rotatable bonds is 5. The number of fused-ring (bicyclic) bond motifs is 5. The van der Waals surface area contributed by atoms with Crippen LogP contribution in [-0.2, 0) is 5.41 Å². The van der Waals surface area contributed by atoms with Crippen LogP contribution < -0.4 is 0 Å². The topological polar surface area (TPSA) is 51.6 Å². The summed E-state index contributed by atoms with van der Waals surface area (Å²) >= 11 is 0. The monoisotopic (exact) mass is 628 g/mol. The molecular formula is C45H32N4. The minimum Gasteiger partial charge on any atom is -0.264 e. The smallest absolute Gasteiger partial charge is 0.165 e. The Morgan fingerprint density at radius 1 is 0.449 bits per heavy atom. The Bertz CT molecular complexity index is 2520. The van der Waals surface area contributed by atoms with Crippen molar-refractivity contribution in [2.75, 3.05) is 0 Å². The van der Waals surface area contributed by atoms with E-state index in [0.29, 0.717) is 17.5 Å². The van der Waals surface area contributed by atoms with Gasteiger partial charge in [-0.25, -0.2) is 15.0 Å². The van der Waals surface area contributed by atoms with Gasteiger partial charge in [-0.2, -0.15) is 0 Å². The lowest BCUT2D eigenvalue weighted by atomic mass is 9.80. The highest BCUT2D eigenvalue weighted by atomic mass is 15.0. The van der Waals surface area contributed by atoms with Crippen LogP contribution in [0.4, 0.5) is 0 Å². The number of benzene rings is 6. The van der Waals surface area contributed by atoms with E-state index in [1.807, 2.05) is 18.2 Å². The fraction of sp³-hybridized carbons (Fsp3) is 0.0667. The molecule has 1 aliphatic rings. The van der Waals surface area contributed by atoms with E-state index < -0.39 is 0 Å². The molecule has 8 aromatic rings. The van der Waals surface area contributed by atoms with Crippen molar-refractivity contribution in [3.63, 3.8) is 0 Å². The fourth-order valence-electron chi connectivity index (χ4n) is 7.44. The standard InChI is InChI=1S/C45H32N4/c1-45(2)39-22-10-21-36(40(39)38-24-23-30-14-6-7-20-37(30)41(38)45)32-16-9-18-34(27-32)43-47-42(48-44(49-43)35-19-11-25-46-28-35)33-17-8-15-31(26-33)29-12-4-3-5-13-29/h3-28H,1-2H3. The number of hydrogen-bond acceptors (Lipinski definition) is 4. The zero-order chi connectivity index (χ0) is 33.0. The molecule has 0 unspecified atom stereocenters. The summed E-state index contributed by atoms with van der Waals surface area (Å²) in [6.45, 7) is 4.70. The molecule has 0 aliphatic heterocycles. The lowest BCUT2D eigenvalue weighted by Crippen LogP contribution is -2.15. The van der Waals surface area contributed by atoms with Crippen molar-refractivity contribution in [2.24, 2.45) is 0 Å². The molecule has 0 bridgehead atoms.